The zero-order valence-electron chi connectivity index (χ0n) is 16.0. The number of fused-ring (bicyclic) bond motifs is 3. The van der Waals surface area contributed by atoms with E-state index in [-0.39, 0.29) is 11.4 Å². The summed E-state index contributed by atoms with van der Waals surface area (Å²) < 4.78 is 1.39. The maximum atomic E-state index is 12.8. The van der Waals surface area contributed by atoms with Gasteiger partial charge in [-0.2, -0.15) is 5.10 Å². The smallest absolute Gasteiger partial charge is 0.276 e. The standard InChI is InChI=1S/C24H18N4O2/c25-23(29)22-14-21(27-28(22)18-7-2-1-3-8-18)24(30)26-17-10-11-20-16(13-17)12-15-6-4-5-9-19(15)20/h1-11,13-14H,12H2,(H2,25,29)(H,26,30). The molecule has 0 bridgehead atoms. The number of carbonyl (C=O) groups is 2. The van der Waals surface area contributed by atoms with Gasteiger partial charge in [0, 0.05) is 11.8 Å². The van der Waals surface area contributed by atoms with Gasteiger partial charge in [0.15, 0.2) is 5.69 Å². The molecular formula is C24H18N4O2. The molecule has 1 heterocycles. The van der Waals surface area contributed by atoms with Crippen LogP contribution >= 0.6 is 0 Å². The minimum atomic E-state index is -0.652. The Bertz CT molecular complexity index is 1290. The Balaban J connectivity index is 1.43. The predicted molar refractivity (Wildman–Crippen MR) is 115 cm³/mol. The molecule has 146 valence electrons. The van der Waals surface area contributed by atoms with Gasteiger partial charge in [0.2, 0.25) is 0 Å². The molecule has 0 saturated heterocycles. The number of aromatic nitrogens is 2. The molecule has 0 fully saturated rings. The van der Waals surface area contributed by atoms with E-state index in [9.17, 15) is 9.59 Å². The summed E-state index contributed by atoms with van der Waals surface area (Å²) in [7, 11) is 0. The fourth-order valence-corrected chi connectivity index (χ4v) is 3.85. The summed E-state index contributed by atoms with van der Waals surface area (Å²) in [6, 6.07) is 24.7. The largest absolute Gasteiger partial charge is 0.364 e. The number of nitrogens with two attached hydrogens (primary N) is 1. The summed E-state index contributed by atoms with van der Waals surface area (Å²) in [5, 5.41) is 7.19. The Morgan fingerprint density at radius 3 is 2.40 bits per heavy atom. The fourth-order valence-electron chi connectivity index (χ4n) is 3.85. The van der Waals surface area contributed by atoms with Gasteiger partial charge in [-0.05, 0) is 52.9 Å². The van der Waals surface area contributed by atoms with Gasteiger partial charge in [-0.15, -0.1) is 0 Å². The summed E-state index contributed by atoms with van der Waals surface area (Å²) in [6.45, 7) is 0. The lowest BCUT2D eigenvalue weighted by Crippen LogP contribution is -2.16. The van der Waals surface area contributed by atoms with Crippen molar-refractivity contribution in [2.75, 3.05) is 5.32 Å². The minimum absolute atomic E-state index is 0.122. The van der Waals surface area contributed by atoms with E-state index in [2.05, 4.69) is 22.5 Å². The molecule has 4 aromatic rings. The number of hydrogen-bond donors (Lipinski definition) is 2. The molecule has 1 aliphatic carbocycles. The van der Waals surface area contributed by atoms with E-state index >= 15 is 0 Å². The molecule has 3 N–H and O–H groups in total. The van der Waals surface area contributed by atoms with Gasteiger partial charge in [-0.1, -0.05) is 48.5 Å². The van der Waals surface area contributed by atoms with Crippen LogP contribution in [0.15, 0.2) is 78.9 Å². The monoisotopic (exact) mass is 394 g/mol. The third kappa shape index (κ3) is 3.04. The number of amides is 2. The Labute approximate surface area is 173 Å². The number of nitrogens with one attached hydrogen (secondary N) is 1. The van der Waals surface area contributed by atoms with E-state index in [0.717, 1.165) is 6.42 Å². The van der Waals surface area contributed by atoms with Crippen LogP contribution in [0.3, 0.4) is 0 Å². The number of para-hydroxylation sites is 1. The number of carbonyl (C=O) groups excluding carboxylic acids is 2. The summed E-state index contributed by atoms with van der Waals surface area (Å²) in [6.07, 6.45) is 0.837. The molecular weight excluding hydrogens is 376 g/mol. The van der Waals surface area contributed by atoms with Gasteiger partial charge in [-0.25, -0.2) is 4.68 Å². The Morgan fingerprint density at radius 2 is 1.60 bits per heavy atom. The number of rotatable bonds is 4. The molecule has 30 heavy (non-hydrogen) atoms. The molecule has 1 aromatic heterocycles. The second-order valence-corrected chi connectivity index (χ2v) is 7.19. The van der Waals surface area contributed by atoms with E-state index in [1.807, 2.05) is 48.5 Å². The van der Waals surface area contributed by atoms with Crippen LogP contribution in [0.2, 0.25) is 0 Å². The van der Waals surface area contributed by atoms with Crippen LogP contribution < -0.4 is 11.1 Å². The summed E-state index contributed by atoms with van der Waals surface area (Å²) in [5.74, 6) is -1.05. The lowest BCUT2D eigenvalue weighted by molar-refractivity contribution is 0.0991. The summed E-state index contributed by atoms with van der Waals surface area (Å²) >= 11 is 0. The fraction of sp³-hybridized carbons (Fsp3) is 0.0417. The number of benzene rings is 3. The van der Waals surface area contributed by atoms with Gasteiger partial charge in [0.1, 0.15) is 5.69 Å². The first-order chi connectivity index (χ1) is 14.6. The van der Waals surface area contributed by atoms with Crippen molar-refractivity contribution in [1.82, 2.24) is 9.78 Å². The van der Waals surface area contributed by atoms with E-state index in [0.29, 0.717) is 11.4 Å². The number of anilines is 1. The Hall–Kier alpha value is -4.19. The second kappa shape index (κ2) is 7.00. The van der Waals surface area contributed by atoms with E-state index in [4.69, 9.17) is 5.73 Å². The molecule has 6 nitrogen and oxygen atoms in total. The predicted octanol–water partition coefficient (Wildman–Crippen LogP) is 3.79. The van der Waals surface area contributed by atoms with Crippen LogP contribution in [0.5, 0.6) is 0 Å². The first kappa shape index (κ1) is 17.9. The van der Waals surface area contributed by atoms with Gasteiger partial charge in [0.05, 0.1) is 5.69 Å². The van der Waals surface area contributed by atoms with Gasteiger partial charge in [-0.3, -0.25) is 9.59 Å². The van der Waals surface area contributed by atoms with Gasteiger partial charge < -0.3 is 11.1 Å². The van der Waals surface area contributed by atoms with Crippen molar-refractivity contribution in [3.63, 3.8) is 0 Å². The third-order valence-electron chi connectivity index (χ3n) is 5.25. The van der Waals surface area contributed by atoms with Crippen LogP contribution in [0.1, 0.15) is 32.1 Å². The summed E-state index contributed by atoms with van der Waals surface area (Å²) in [4.78, 5) is 24.7. The molecule has 0 unspecified atom stereocenters. The van der Waals surface area contributed by atoms with Crippen LogP contribution in [0, 0.1) is 0 Å². The molecule has 0 saturated carbocycles. The number of nitrogens with zero attached hydrogens (tertiary/aromatic N) is 2. The lowest BCUT2D eigenvalue weighted by atomic mass is 10.1. The Morgan fingerprint density at radius 1 is 0.867 bits per heavy atom. The number of primary amides is 1. The average Bonchev–Trinajstić information content (AvgIpc) is 3.36. The van der Waals surface area contributed by atoms with Gasteiger partial charge in [0.25, 0.3) is 11.8 Å². The molecule has 0 atom stereocenters. The minimum Gasteiger partial charge on any atom is -0.364 e. The third-order valence-corrected chi connectivity index (χ3v) is 5.25. The highest BCUT2D eigenvalue weighted by Gasteiger charge is 2.21. The first-order valence-corrected chi connectivity index (χ1v) is 9.58. The van der Waals surface area contributed by atoms with Crippen molar-refractivity contribution in [2.45, 2.75) is 6.42 Å². The average molecular weight is 394 g/mol. The van der Waals surface area contributed by atoms with E-state index < -0.39 is 11.8 Å². The first-order valence-electron chi connectivity index (χ1n) is 9.58. The molecule has 5 rings (SSSR count). The van der Waals surface area contributed by atoms with Crippen molar-refractivity contribution in [2.24, 2.45) is 5.73 Å². The Kier molecular flexibility index (Phi) is 4.17. The van der Waals surface area contributed by atoms with Gasteiger partial charge >= 0.3 is 0 Å². The maximum absolute atomic E-state index is 12.8. The number of hydrogen-bond acceptors (Lipinski definition) is 3. The highest BCUT2D eigenvalue weighted by atomic mass is 16.2. The molecule has 0 radical (unpaired) electrons. The second-order valence-electron chi connectivity index (χ2n) is 7.19. The highest BCUT2D eigenvalue weighted by molar-refractivity contribution is 6.05. The zero-order chi connectivity index (χ0) is 20.7. The molecule has 6 heteroatoms. The lowest BCUT2D eigenvalue weighted by Gasteiger charge is -2.07. The van der Waals surface area contributed by atoms with Crippen LogP contribution in [-0.2, 0) is 6.42 Å². The molecule has 0 aliphatic heterocycles. The normalized spacial score (nSPS) is 11.6. The SMILES string of the molecule is NC(=O)c1cc(C(=O)Nc2ccc3c(c2)Cc2ccccc2-3)nn1-c1ccccc1. The van der Waals surface area contributed by atoms with Crippen molar-refractivity contribution in [3.05, 3.63) is 101 Å². The topological polar surface area (TPSA) is 90.0 Å². The molecule has 2 amide bonds. The molecule has 0 spiro atoms. The van der Waals surface area contributed by atoms with Crippen molar-refractivity contribution in [3.8, 4) is 16.8 Å². The molecule has 1 aliphatic rings. The zero-order valence-corrected chi connectivity index (χ0v) is 16.0. The van der Waals surface area contributed by atoms with Crippen molar-refractivity contribution < 1.29 is 9.59 Å². The maximum Gasteiger partial charge on any atom is 0.276 e. The van der Waals surface area contributed by atoms with E-state index in [1.54, 1.807) is 12.1 Å². The van der Waals surface area contributed by atoms with Crippen LogP contribution in [-0.4, -0.2) is 21.6 Å². The van der Waals surface area contributed by atoms with Crippen LogP contribution in [0.4, 0.5) is 5.69 Å². The van der Waals surface area contributed by atoms with E-state index in [1.165, 1.54) is 33.0 Å². The van der Waals surface area contributed by atoms with Crippen LogP contribution in [0.25, 0.3) is 16.8 Å². The summed E-state index contributed by atoms with van der Waals surface area (Å²) in [5.41, 5.74) is 12.0. The molecule has 3 aromatic carbocycles. The highest BCUT2D eigenvalue weighted by Crippen LogP contribution is 2.37. The quantitative estimate of drug-likeness (QED) is 0.486. The van der Waals surface area contributed by atoms with Crippen molar-refractivity contribution >= 4 is 17.5 Å². The van der Waals surface area contributed by atoms with Crippen molar-refractivity contribution in [1.29, 1.82) is 0 Å².